The third kappa shape index (κ3) is 3.19. The summed E-state index contributed by atoms with van der Waals surface area (Å²) in [4.78, 5) is 26.2. The van der Waals surface area contributed by atoms with Crippen LogP contribution in [0, 0.1) is 11.8 Å². The van der Waals surface area contributed by atoms with Crippen molar-refractivity contribution in [3.05, 3.63) is 35.9 Å². The van der Waals surface area contributed by atoms with Crippen molar-refractivity contribution in [2.24, 2.45) is 11.8 Å². The molecule has 2 aliphatic rings. The summed E-state index contributed by atoms with van der Waals surface area (Å²) in [7, 11) is 1.37. The van der Waals surface area contributed by atoms with Gasteiger partial charge in [0.15, 0.2) is 0 Å². The lowest BCUT2D eigenvalue weighted by Crippen LogP contribution is -2.46. The fraction of sp³-hybridized carbons (Fsp3) is 0.600. The Morgan fingerprint density at radius 3 is 2.50 bits per heavy atom. The van der Waals surface area contributed by atoms with E-state index in [2.05, 4.69) is 29.0 Å². The van der Waals surface area contributed by atoms with Gasteiger partial charge in [-0.2, -0.15) is 0 Å². The number of ether oxygens (including phenoxy) is 1. The number of methoxy groups -OCH3 is 1. The van der Waals surface area contributed by atoms with Crippen LogP contribution in [0.2, 0.25) is 0 Å². The van der Waals surface area contributed by atoms with Gasteiger partial charge in [-0.3, -0.25) is 9.59 Å². The lowest BCUT2D eigenvalue weighted by atomic mass is 9.79. The Kier molecular flexibility index (Phi) is 5.22. The van der Waals surface area contributed by atoms with Crippen LogP contribution in [0.5, 0.6) is 0 Å². The molecule has 0 saturated heterocycles. The van der Waals surface area contributed by atoms with Crippen LogP contribution in [-0.4, -0.2) is 36.5 Å². The molecule has 4 nitrogen and oxygen atoms in total. The first-order chi connectivity index (χ1) is 11.7. The lowest BCUT2D eigenvalue weighted by molar-refractivity contribution is -0.144. The molecule has 2 saturated carbocycles. The molecular formula is C20H27NO3. The van der Waals surface area contributed by atoms with Crippen molar-refractivity contribution < 1.29 is 14.3 Å². The Labute approximate surface area is 144 Å². The third-order valence-electron chi connectivity index (χ3n) is 5.85. The summed E-state index contributed by atoms with van der Waals surface area (Å²) in [5.41, 5.74) is 1.36. The molecule has 1 aromatic carbocycles. The number of likely N-dealkylation sites (N-methyl/N-ethyl adjacent to an activating group) is 1. The first kappa shape index (κ1) is 17.0. The first-order valence-corrected chi connectivity index (χ1v) is 9.07. The maximum Gasteiger partial charge on any atom is 0.306 e. The van der Waals surface area contributed by atoms with E-state index in [9.17, 15) is 9.59 Å². The molecule has 0 aromatic heterocycles. The van der Waals surface area contributed by atoms with E-state index in [0.29, 0.717) is 24.3 Å². The summed E-state index contributed by atoms with van der Waals surface area (Å²) in [5, 5.41) is 0. The van der Waals surface area contributed by atoms with Crippen molar-refractivity contribution >= 4 is 11.9 Å². The predicted octanol–water partition coefficient (Wildman–Crippen LogP) is 3.37. The fourth-order valence-corrected chi connectivity index (χ4v) is 4.86. The molecule has 0 N–H and O–H groups in total. The average molecular weight is 329 g/mol. The van der Waals surface area contributed by atoms with E-state index in [1.165, 1.54) is 31.9 Å². The number of esters is 1. The van der Waals surface area contributed by atoms with Crippen molar-refractivity contribution in [1.29, 1.82) is 0 Å². The van der Waals surface area contributed by atoms with Crippen LogP contribution in [0.3, 0.4) is 0 Å². The summed E-state index contributed by atoms with van der Waals surface area (Å²) in [6.07, 6.45) is 4.14. The number of carbonyl (C=O) groups excluding carboxylic acids is 2. The number of fused-ring (bicyclic) bond motifs is 2. The van der Waals surface area contributed by atoms with Crippen LogP contribution < -0.4 is 0 Å². The molecule has 3 rings (SSSR count). The summed E-state index contributed by atoms with van der Waals surface area (Å²) >= 11 is 0. The summed E-state index contributed by atoms with van der Waals surface area (Å²) in [5.74, 6) is 1.49. The molecule has 2 fully saturated rings. The zero-order valence-electron chi connectivity index (χ0n) is 14.6. The minimum absolute atomic E-state index is 0.0846. The minimum atomic E-state index is -0.313. The molecule has 1 aromatic rings. The molecule has 0 aliphatic heterocycles. The van der Waals surface area contributed by atoms with Crippen molar-refractivity contribution in [2.75, 3.05) is 13.7 Å². The van der Waals surface area contributed by atoms with Crippen LogP contribution in [0.25, 0.3) is 0 Å². The molecule has 4 atom stereocenters. The Balaban J connectivity index is 1.78. The van der Waals surface area contributed by atoms with E-state index in [1.807, 2.05) is 17.9 Å². The van der Waals surface area contributed by atoms with E-state index in [1.54, 1.807) is 0 Å². The van der Waals surface area contributed by atoms with Crippen molar-refractivity contribution in [3.8, 4) is 0 Å². The van der Waals surface area contributed by atoms with Crippen LogP contribution in [-0.2, 0) is 14.3 Å². The molecule has 0 heterocycles. The Morgan fingerprint density at radius 1 is 1.12 bits per heavy atom. The number of carbonyl (C=O) groups is 2. The van der Waals surface area contributed by atoms with Gasteiger partial charge in [0, 0.05) is 24.9 Å². The minimum Gasteiger partial charge on any atom is -0.469 e. The zero-order chi connectivity index (χ0) is 17.1. The number of hydrogen-bond donors (Lipinski definition) is 0. The van der Waals surface area contributed by atoms with Gasteiger partial charge in [0.1, 0.15) is 0 Å². The Bertz CT molecular complexity index is 586. The molecular weight excluding hydrogens is 302 g/mol. The highest BCUT2D eigenvalue weighted by atomic mass is 16.5. The van der Waals surface area contributed by atoms with Crippen LogP contribution in [0.15, 0.2) is 30.3 Å². The zero-order valence-corrected chi connectivity index (χ0v) is 14.6. The second-order valence-corrected chi connectivity index (χ2v) is 7.02. The maximum atomic E-state index is 12.8. The van der Waals surface area contributed by atoms with E-state index in [-0.39, 0.29) is 30.8 Å². The van der Waals surface area contributed by atoms with Gasteiger partial charge in [0.25, 0.3) is 0 Å². The predicted molar refractivity (Wildman–Crippen MR) is 92.4 cm³/mol. The monoisotopic (exact) mass is 329 g/mol. The number of nitrogens with zero attached hydrogens (tertiary/aromatic N) is 1. The largest absolute Gasteiger partial charge is 0.469 e. The topological polar surface area (TPSA) is 46.6 Å². The van der Waals surface area contributed by atoms with Gasteiger partial charge in [0.05, 0.1) is 13.5 Å². The van der Waals surface area contributed by atoms with Gasteiger partial charge in [-0.15, -0.1) is 0 Å². The standard InChI is InChI=1S/C20H27NO3/c1-3-21(17(22)11-12-18(23)24-2)20-16-10-9-15(13-16)19(20)14-7-5-4-6-8-14/h4-8,15-16,19-20H,3,9-13H2,1-2H3. The molecule has 4 unspecified atom stereocenters. The molecule has 0 spiro atoms. The number of rotatable bonds is 6. The first-order valence-electron chi connectivity index (χ1n) is 9.07. The molecule has 24 heavy (non-hydrogen) atoms. The van der Waals surface area contributed by atoms with E-state index < -0.39 is 0 Å². The summed E-state index contributed by atoms with van der Waals surface area (Å²) in [6.45, 7) is 2.75. The third-order valence-corrected chi connectivity index (χ3v) is 5.85. The second kappa shape index (κ2) is 7.37. The van der Waals surface area contributed by atoms with Crippen molar-refractivity contribution in [3.63, 3.8) is 0 Å². The highest BCUT2D eigenvalue weighted by molar-refractivity contribution is 5.81. The molecule has 1 amide bonds. The van der Waals surface area contributed by atoms with Gasteiger partial charge in [-0.25, -0.2) is 0 Å². The Hall–Kier alpha value is -1.84. The molecule has 0 radical (unpaired) electrons. The second-order valence-electron chi connectivity index (χ2n) is 7.02. The normalized spacial score (nSPS) is 27.9. The molecule has 2 aliphatic carbocycles. The van der Waals surface area contributed by atoms with Gasteiger partial charge >= 0.3 is 5.97 Å². The quantitative estimate of drug-likeness (QED) is 0.752. The maximum absolute atomic E-state index is 12.8. The lowest BCUT2D eigenvalue weighted by Gasteiger charge is -2.40. The van der Waals surface area contributed by atoms with Gasteiger partial charge in [0.2, 0.25) is 5.91 Å². The highest BCUT2D eigenvalue weighted by Crippen LogP contribution is 2.54. The summed E-state index contributed by atoms with van der Waals surface area (Å²) in [6, 6.07) is 10.9. The number of amides is 1. The van der Waals surface area contributed by atoms with E-state index in [0.717, 1.165) is 0 Å². The van der Waals surface area contributed by atoms with Crippen LogP contribution in [0.4, 0.5) is 0 Å². The fourth-order valence-electron chi connectivity index (χ4n) is 4.86. The molecule has 4 heteroatoms. The number of hydrogen-bond acceptors (Lipinski definition) is 3. The van der Waals surface area contributed by atoms with Gasteiger partial charge in [-0.1, -0.05) is 30.3 Å². The van der Waals surface area contributed by atoms with Crippen LogP contribution in [0.1, 0.15) is 50.5 Å². The average Bonchev–Trinajstić information content (AvgIpc) is 3.22. The number of benzene rings is 1. The Morgan fingerprint density at radius 2 is 1.83 bits per heavy atom. The van der Waals surface area contributed by atoms with E-state index >= 15 is 0 Å². The van der Waals surface area contributed by atoms with Crippen molar-refractivity contribution in [1.82, 2.24) is 4.90 Å². The van der Waals surface area contributed by atoms with E-state index in [4.69, 9.17) is 0 Å². The van der Waals surface area contributed by atoms with Crippen molar-refractivity contribution in [2.45, 2.75) is 51.0 Å². The van der Waals surface area contributed by atoms with Gasteiger partial charge < -0.3 is 9.64 Å². The smallest absolute Gasteiger partial charge is 0.306 e. The van der Waals surface area contributed by atoms with Gasteiger partial charge in [-0.05, 0) is 43.6 Å². The summed E-state index contributed by atoms with van der Waals surface area (Å²) < 4.78 is 4.67. The van der Waals surface area contributed by atoms with Crippen LogP contribution >= 0.6 is 0 Å². The molecule has 130 valence electrons. The SMILES string of the molecule is CCN(C(=O)CCC(=O)OC)C1C2CCC(C2)C1c1ccccc1. The molecule has 2 bridgehead atoms. The highest BCUT2D eigenvalue weighted by Gasteiger charge is 2.50.